The first-order valence-electron chi connectivity index (χ1n) is 6.85. The third kappa shape index (κ3) is 3.49. The zero-order valence-electron chi connectivity index (χ0n) is 11.7. The summed E-state index contributed by atoms with van der Waals surface area (Å²) >= 11 is 13.4. The standard InChI is InChI=1S/C16H12Br2ClNO3/c17-8-5-11-10(9-3-1-2-4-12(9)18)7-14(23-16(21)22)20-15(11)13(19)6-8/h1-6,10,14,20H,7H2,(H,21,22). The maximum atomic E-state index is 10.9. The van der Waals surface area contributed by atoms with Crippen LogP contribution < -0.4 is 5.32 Å². The maximum absolute atomic E-state index is 10.9. The summed E-state index contributed by atoms with van der Waals surface area (Å²) in [5, 5.41) is 12.5. The minimum absolute atomic E-state index is 0.0406. The number of ether oxygens (including phenoxy) is 1. The molecule has 4 nitrogen and oxygen atoms in total. The molecule has 0 saturated heterocycles. The molecule has 0 saturated carbocycles. The molecule has 3 rings (SSSR count). The number of carboxylic acid groups (broad SMARTS) is 1. The van der Waals surface area contributed by atoms with Crippen LogP contribution in [0.15, 0.2) is 45.3 Å². The van der Waals surface area contributed by atoms with Crippen molar-refractivity contribution in [2.75, 3.05) is 5.32 Å². The van der Waals surface area contributed by atoms with Crippen LogP contribution in [0.5, 0.6) is 0 Å². The predicted octanol–water partition coefficient (Wildman–Crippen LogP) is 5.83. The molecule has 2 aromatic rings. The fourth-order valence-electron chi connectivity index (χ4n) is 2.83. The van der Waals surface area contributed by atoms with Gasteiger partial charge in [0.15, 0.2) is 6.23 Å². The number of hydrogen-bond donors (Lipinski definition) is 2. The second-order valence-electron chi connectivity index (χ2n) is 5.18. The molecule has 0 bridgehead atoms. The van der Waals surface area contributed by atoms with Crippen LogP contribution in [0.3, 0.4) is 0 Å². The van der Waals surface area contributed by atoms with Gasteiger partial charge in [-0.2, -0.15) is 0 Å². The highest BCUT2D eigenvalue weighted by molar-refractivity contribution is 9.10. The number of fused-ring (bicyclic) bond motifs is 1. The van der Waals surface area contributed by atoms with Gasteiger partial charge >= 0.3 is 6.16 Å². The fraction of sp³-hybridized carbons (Fsp3) is 0.188. The van der Waals surface area contributed by atoms with Crippen molar-refractivity contribution in [3.8, 4) is 0 Å². The molecule has 0 radical (unpaired) electrons. The molecule has 0 aliphatic carbocycles. The highest BCUT2D eigenvalue weighted by Crippen LogP contribution is 2.45. The minimum Gasteiger partial charge on any atom is -0.450 e. The monoisotopic (exact) mass is 459 g/mol. The van der Waals surface area contributed by atoms with Gasteiger partial charge in [-0.15, -0.1) is 0 Å². The summed E-state index contributed by atoms with van der Waals surface area (Å²) in [5.41, 5.74) is 2.76. The molecule has 0 amide bonds. The Bertz CT molecular complexity index is 769. The molecule has 0 fully saturated rings. The Morgan fingerprint density at radius 1 is 1.26 bits per heavy atom. The topological polar surface area (TPSA) is 58.6 Å². The number of nitrogens with one attached hydrogen (secondary N) is 1. The van der Waals surface area contributed by atoms with Crippen LogP contribution in [0.4, 0.5) is 10.5 Å². The first-order chi connectivity index (χ1) is 11.0. The summed E-state index contributed by atoms with van der Waals surface area (Å²) in [6.07, 6.45) is -1.49. The van der Waals surface area contributed by atoms with Crippen LogP contribution in [-0.4, -0.2) is 17.5 Å². The van der Waals surface area contributed by atoms with E-state index < -0.39 is 12.4 Å². The lowest BCUT2D eigenvalue weighted by Gasteiger charge is -2.33. The van der Waals surface area contributed by atoms with E-state index in [4.69, 9.17) is 21.4 Å². The van der Waals surface area contributed by atoms with Crippen molar-refractivity contribution in [1.82, 2.24) is 0 Å². The van der Waals surface area contributed by atoms with Crippen molar-refractivity contribution in [2.45, 2.75) is 18.6 Å². The van der Waals surface area contributed by atoms with Crippen molar-refractivity contribution in [2.24, 2.45) is 0 Å². The van der Waals surface area contributed by atoms with Gasteiger partial charge in [-0.1, -0.05) is 61.7 Å². The van der Waals surface area contributed by atoms with Crippen LogP contribution in [0.1, 0.15) is 23.5 Å². The summed E-state index contributed by atoms with van der Waals surface area (Å²) < 4.78 is 6.78. The Hall–Kier alpha value is -1.24. The van der Waals surface area contributed by atoms with Crippen molar-refractivity contribution >= 4 is 55.3 Å². The molecule has 1 aliphatic heterocycles. The van der Waals surface area contributed by atoms with Gasteiger partial charge in [0.05, 0.1) is 10.7 Å². The van der Waals surface area contributed by atoms with Gasteiger partial charge in [0.2, 0.25) is 0 Å². The van der Waals surface area contributed by atoms with E-state index in [1.807, 2.05) is 30.3 Å². The molecule has 2 N–H and O–H groups in total. The number of halogens is 3. The number of anilines is 1. The van der Waals surface area contributed by atoms with Crippen LogP contribution in [0.25, 0.3) is 0 Å². The van der Waals surface area contributed by atoms with E-state index in [0.29, 0.717) is 17.1 Å². The van der Waals surface area contributed by atoms with E-state index in [1.54, 1.807) is 6.07 Å². The second kappa shape index (κ2) is 6.71. The van der Waals surface area contributed by atoms with Crippen LogP contribution in [-0.2, 0) is 4.74 Å². The molecule has 1 heterocycles. The Balaban J connectivity index is 2.11. The summed E-state index contributed by atoms with van der Waals surface area (Å²) in [5.74, 6) is -0.0406. The Kier molecular flexibility index (Phi) is 4.85. The van der Waals surface area contributed by atoms with E-state index in [-0.39, 0.29) is 5.92 Å². The molecule has 2 aromatic carbocycles. The largest absolute Gasteiger partial charge is 0.507 e. The Labute approximate surface area is 155 Å². The third-order valence-corrected chi connectivity index (χ3v) is 5.22. The number of hydrogen-bond acceptors (Lipinski definition) is 3. The predicted molar refractivity (Wildman–Crippen MR) is 96.3 cm³/mol. The van der Waals surface area contributed by atoms with Gasteiger partial charge in [0.25, 0.3) is 0 Å². The van der Waals surface area contributed by atoms with Gasteiger partial charge < -0.3 is 15.2 Å². The minimum atomic E-state index is -1.31. The first-order valence-corrected chi connectivity index (χ1v) is 8.81. The van der Waals surface area contributed by atoms with Gasteiger partial charge in [0.1, 0.15) is 0 Å². The van der Waals surface area contributed by atoms with Crippen LogP contribution >= 0.6 is 43.5 Å². The fourth-order valence-corrected chi connectivity index (χ4v) is 4.28. The van der Waals surface area contributed by atoms with Gasteiger partial charge in [-0.25, -0.2) is 4.79 Å². The zero-order chi connectivity index (χ0) is 16.6. The Morgan fingerprint density at radius 3 is 2.70 bits per heavy atom. The molecular formula is C16H12Br2ClNO3. The van der Waals surface area contributed by atoms with E-state index in [1.165, 1.54) is 0 Å². The average molecular weight is 462 g/mol. The zero-order valence-corrected chi connectivity index (χ0v) is 15.7. The number of carbonyl (C=O) groups is 1. The molecule has 0 spiro atoms. The van der Waals surface area contributed by atoms with E-state index in [0.717, 1.165) is 20.1 Å². The molecular weight excluding hydrogens is 449 g/mol. The summed E-state index contributed by atoms with van der Waals surface area (Å²) in [4.78, 5) is 10.9. The average Bonchev–Trinajstić information content (AvgIpc) is 2.47. The van der Waals surface area contributed by atoms with Crippen molar-refractivity contribution in [3.05, 3.63) is 61.5 Å². The summed E-state index contributed by atoms with van der Waals surface area (Å²) in [6.45, 7) is 0. The van der Waals surface area contributed by atoms with E-state index in [2.05, 4.69) is 37.2 Å². The molecule has 7 heteroatoms. The van der Waals surface area contributed by atoms with Gasteiger partial charge in [-0.3, -0.25) is 0 Å². The van der Waals surface area contributed by atoms with Crippen LogP contribution in [0, 0.1) is 0 Å². The molecule has 2 unspecified atom stereocenters. The maximum Gasteiger partial charge on any atom is 0.507 e. The lowest BCUT2D eigenvalue weighted by molar-refractivity contribution is 0.0561. The van der Waals surface area contributed by atoms with Gasteiger partial charge in [-0.05, 0) is 29.3 Å². The SMILES string of the molecule is O=C(O)OC1CC(c2ccccc2Br)c2cc(Br)cc(Cl)c2N1. The highest BCUT2D eigenvalue weighted by atomic mass is 79.9. The smallest absolute Gasteiger partial charge is 0.450 e. The molecule has 0 aromatic heterocycles. The molecule has 2 atom stereocenters. The van der Waals surface area contributed by atoms with E-state index >= 15 is 0 Å². The molecule has 23 heavy (non-hydrogen) atoms. The third-order valence-electron chi connectivity index (χ3n) is 3.74. The lowest BCUT2D eigenvalue weighted by Crippen LogP contribution is -2.33. The number of rotatable bonds is 2. The quantitative estimate of drug-likeness (QED) is 0.552. The van der Waals surface area contributed by atoms with Crippen molar-refractivity contribution in [3.63, 3.8) is 0 Å². The van der Waals surface area contributed by atoms with Crippen LogP contribution in [0.2, 0.25) is 5.02 Å². The second-order valence-corrected chi connectivity index (χ2v) is 7.36. The number of benzene rings is 2. The molecule has 1 aliphatic rings. The van der Waals surface area contributed by atoms with Gasteiger partial charge in [0, 0.05) is 21.3 Å². The first kappa shape index (κ1) is 16.6. The Morgan fingerprint density at radius 2 is 2.00 bits per heavy atom. The highest BCUT2D eigenvalue weighted by Gasteiger charge is 2.32. The lowest BCUT2D eigenvalue weighted by atomic mass is 9.84. The summed E-state index contributed by atoms with van der Waals surface area (Å²) in [6, 6.07) is 11.6. The van der Waals surface area contributed by atoms with Crippen molar-refractivity contribution < 1.29 is 14.6 Å². The normalized spacial score (nSPS) is 19.6. The van der Waals surface area contributed by atoms with E-state index in [9.17, 15) is 4.79 Å². The van der Waals surface area contributed by atoms with Crippen molar-refractivity contribution in [1.29, 1.82) is 0 Å². The summed E-state index contributed by atoms with van der Waals surface area (Å²) in [7, 11) is 0. The molecule has 120 valence electrons.